The van der Waals surface area contributed by atoms with Gasteiger partial charge in [-0.25, -0.2) is 0 Å². The van der Waals surface area contributed by atoms with Crippen molar-refractivity contribution in [3.05, 3.63) is 65.2 Å². The Morgan fingerprint density at radius 1 is 1.07 bits per heavy atom. The van der Waals surface area contributed by atoms with Crippen molar-refractivity contribution in [2.45, 2.75) is 38.8 Å². The molecule has 27 heavy (non-hydrogen) atoms. The molecule has 0 bridgehead atoms. The van der Waals surface area contributed by atoms with Crippen LogP contribution in [0.2, 0.25) is 0 Å². The maximum atomic E-state index is 12.9. The summed E-state index contributed by atoms with van der Waals surface area (Å²) in [4.78, 5) is 17.3. The van der Waals surface area contributed by atoms with E-state index in [9.17, 15) is 4.79 Å². The van der Waals surface area contributed by atoms with Gasteiger partial charge in [-0.2, -0.15) is 0 Å². The van der Waals surface area contributed by atoms with Gasteiger partial charge in [0.15, 0.2) is 0 Å². The smallest absolute Gasteiger partial charge is 0.237 e. The summed E-state index contributed by atoms with van der Waals surface area (Å²) in [6.07, 6.45) is 3.22. The van der Waals surface area contributed by atoms with E-state index in [1.165, 1.54) is 16.7 Å². The van der Waals surface area contributed by atoms with Gasteiger partial charge in [-0.1, -0.05) is 36.4 Å². The van der Waals surface area contributed by atoms with E-state index in [2.05, 4.69) is 41.3 Å². The third-order valence-corrected chi connectivity index (χ3v) is 5.76. The average molecular weight is 364 g/mol. The number of amides is 1. The molecule has 1 atom stereocenters. The molecule has 2 aromatic carbocycles. The standard InChI is InChI=1S/C23H28N2O2/c1-2-27-21-11-9-19(10-12-21)22-8-5-14-24(22)17-23(26)25-15-13-18-6-3-4-7-20(18)16-25/h3-4,6-7,9-12,22H,2,5,8,13-17H2,1H3. The van der Waals surface area contributed by atoms with E-state index in [1.54, 1.807) is 0 Å². The highest BCUT2D eigenvalue weighted by atomic mass is 16.5. The summed E-state index contributed by atoms with van der Waals surface area (Å²) < 4.78 is 5.55. The van der Waals surface area contributed by atoms with Crippen LogP contribution in [0.5, 0.6) is 5.75 Å². The predicted molar refractivity (Wildman–Crippen MR) is 107 cm³/mol. The molecule has 1 saturated heterocycles. The van der Waals surface area contributed by atoms with Gasteiger partial charge >= 0.3 is 0 Å². The summed E-state index contributed by atoms with van der Waals surface area (Å²) in [6, 6.07) is 17.2. The number of benzene rings is 2. The lowest BCUT2D eigenvalue weighted by Crippen LogP contribution is -2.42. The topological polar surface area (TPSA) is 32.8 Å². The zero-order valence-electron chi connectivity index (χ0n) is 16.1. The Balaban J connectivity index is 1.40. The fraction of sp³-hybridized carbons (Fsp3) is 0.435. The van der Waals surface area contributed by atoms with Gasteiger partial charge in [-0.05, 0) is 61.6 Å². The van der Waals surface area contributed by atoms with Crippen molar-refractivity contribution in [3.8, 4) is 5.75 Å². The lowest BCUT2D eigenvalue weighted by Gasteiger charge is -2.32. The maximum absolute atomic E-state index is 12.9. The van der Waals surface area contributed by atoms with Gasteiger partial charge in [0.05, 0.1) is 13.2 Å². The molecule has 4 nitrogen and oxygen atoms in total. The molecule has 1 fully saturated rings. The van der Waals surface area contributed by atoms with Gasteiger partial charge in [0.25, 0.3) is 0 Å². The minimum absolute atomic E-state index is 0.252. The molecule has 1 unspecified atom stereocenters. The van der Waals surface area contributed by atoms with Gasteiger partial charge in [0.2, 0.25) is 5.91 Å². The van der Waals surface area contributed by atoms with E-state index >= 15 is 0 Å². The van der Waals surface area contributed by atoms with E-state index in [-0.39, 0.29) is 5.91 Å². The lowest BCUT2D eigenvalue weighted by atomic mass is 10.00. The Morgan fingerprint density at radius 3 is 2.63 bits per heavy atom. The number of likely N-dealkylation sites (tertiary alicyclic amines) is 1. The van der Waals surface area contributed by atoms with Crippen molar-refractivity contribution >= 4 is 5.91 Å². The Bertz CT molecular complexity index is 787. The van der Waals surface area contributed by atoms with Crippen molar-refractivity contribution in [3.63, 3.8) is 0 Å². The zero-order chi connectivity index (χ0) is 18.6. The first kappa shape index (κ1) is 18.1. The van der Waals surface area contributed by atoms with Crippen LogP contribution in [-0.2, 0) is 17.8 Å². The van der Waals surface area contributed by atoms with E-state index in [0.717, 1.165) is 44.6 Å². The summed E-state index contributed by atoms with van der Waals surface area (Å²) in [5.41, 5.74) is 3.96. The average Bonchev–Trinajstić information content (AvgIpc) is 3.16. The second-order valence-corrected chi connectivity index (χ2v) is 7.46. The molecule has 0 aliphatic carbocycles. The van der Waals surface area contributed by atoms with Crippen LogP contribution in [0.3, 0.4) is 0 Å². The van der Waals surface area contributed by atoms with Crippen LogP contribution in [0.4, 0.5) is 0 Å². The van der Waals surface area contributed by atoms with Crippen LogP contribution in [-0.4, -0.2) is 41.9 Å². The highest BCUT2D eigenvalue weighted by Gasteiger charge is 2.30. The van der Waals surface area contributed by atoms with Gasteiger partial charge in [-0.3, -0.25) is 9.69 Å². The van der Waals surface area contributed by atoms with E-state index in [1.807, 2.05) is 24.0 Å². The summed E-state index contributed by atoms with van der Waals surface area (Å²) >= 11 is 0. The molecular weight excluding hydrogens is 336 g/mol. The Morgan fingerprint density at radius 2 is 1.85 bits per heavy atom. The molecule has 0 saturated carbocycles. The zero-order valence-corrected chi connectivity index (χ0v) is 16.1. The molecule has 0 radical (unpaired) electrons. The molecule has 0 aromatic heterocycles. The number of hydrogen-bond acceptors (Lipinski definition) is 3. The monoisotopic (exact) mass is 364 g/mol. The quantitative estimate of drug-likeness (QED) is 0.809. The van der Waals surface area contributed by atoms with Crippen LogP contribution in [0, 0.1) is 0 Å². The third kappa shape index (κ3) is 4.01. The van der Waals surface area contributed by atoms with Crippen LogP contribution >= 0.6 is 0 Å². The Kier molecular flexibility index (Phi) is 5.44. The van der Waals surface area contributed by atoms with Crippen molar-refractivity contribution < 1.29 is 9.53 Å². The second-order valence-electron chi connectivity index (χ2n) is 7.46. The summed E-state index contributed by atoms with van der Waals surface area (Å²) in [5.74, 6) is 1.16. The molecular formula is C23H28N2O2. The molecule has 1 amide bonds. The largest absolute Gasteiger partial charge is 0.494 e. The predicted octanol–water partition coefficient (Wildman–Crippen LogP) is 3.81. The van der Waals surface area contributed by atoms with Crippen LogP contribution in [0.25, 0.3) is 0 Å². The molecule has 2 aromatic rings. The normalized spacial score (nSPS) is 19.7. The van der Waals surface area contributed by atoms with Crippen molar-refractivity contribution in [1.29, 1.82) is 0 Å². The number of rotatable bonds is 5. The van der Waals surface area contributed by atoms with Gasteiger partial charge < -0.3 is 9.64 Å². The maximum Gasteiger partial charge on any atom is 0.237 e. The van der Waals surface area contributed by atoms with Gasteiger partial charge in [-0.15, -0.1) is 0 Å². The first-order chi connectivity index (χ1) is 13.2. The summed E-state index contributed by atoms with van der Waals surface area (Å²) in [7, 11) is 0. The SMILES string of the molecule is CCOc1ccc(C2CCCN2CC(=O)N2CCc3ccccc3C2)cc1. The Hall–Kier alpha value is -2.33. The van der Waals surface area contributed by atoms with Gasteiger partial charge in [0, 0.05) is 19.1 Å². The van der Waals surface area contributed by atoms with Crippen LogP contribution in [0.1, 0.15) is 42.5 Å². The highest BCUT2D eigenvalue weighted by molar-refractivity contribution is 5.78. The Labute approximate surface area is 161 Å². The fourth-order valence-corrected chi connectivity index (χ4v) is 4.33. The minimum atomic E-state index is 0.252. The molecule has 2 aliphatic heterocycles. The van der Waals surface area contributed by atoms with Crippen LogP contribution in [0.15, 0.2) is 48.5 Å². The molecule has 4 heteroatoms. The minimum Gasteiger partial charge on any atom is -0.494 e. The van der Waals surface area contributed by atoms with Crippen molar-refractivity contribution in [2.75, 3.05) is 26.2 Å². The fourth-order valence-electron chi connectivity index (χ4n) is 4.33. The molecule has 2 aliphatic rings. The first-order valence-electron chi connectivity index (χ1n) is 10.1. The molecule has 4 rings (SSSR count). The second kappa shape index (κ2) is 8.13. The third-order valence-electron chi connectivity index (χ3n) is 5.76. The van der Waals surface area contributed by atoms with Crippen molar-refractivity contribution in [2.24, 2.45) is 0 Å². The highest BCUT2D eigenvalue weighted by Crippen LogP contribution is 2.32. The molecule has 142 valence electrons. The van der Waals surface area contributed by atoms with Crippen LogP contribution < -0.4 is 4.74 Å². The number of ether oxygens (including phenoxy) is 1. The first-order valence-corrected chi connectivity index (χ1v) is 10.1. The number of carbonyl (C=O) groups is 1. The van der Waals surface area contributed by atoms with E-state index in [0.29, 0.717) is 19.2 Å². The molecule has 0 spiro atoms. The van der Waals surface area contributed by atoms with Crippen molar-refractivity contribution in [1.82, 2.24) is 9.80 Å². The molecule has 0 N–H and O–H groups in total. The number of carbonyl (C=O) groups excluding carboxylic acids is 1. The summed E-state index contributed by atoms with van der Waals surface area (Å²) in [6.45, 7) is 5.77. The summed E-state index contributed by atoms with van der Waals surface area (Å²) in [5, 5.41) is 0. The lowest BCUT2D eigenvalue weighted by molar-refractivity contribution is -0.133. The van der Waals surface area contributed by atoms with E-state index < -0.39 is 0 Å². The number of nitrogens with zero attached hydrogens (tertiary/aromatic N) is 2. The van der Waals surface area contributed by atoms with Gasteiger partial charge in [0.1, 0.15) is 5.75 Å². The number of hydrogen-bond donors (Lipinski definition) is 0. The van der Waals surface area contributed by atoms with E-state index in [4.69, 9.17) is 4.74 Å². The molecule has 2 heterocycles. The number of fused-ring (bicyclic) bond motifs is 1.